The van der Waals surface area contributed by atoms with E-state index in [0.29, 0.717) is 17.4 Å². The highest BCUT2D eigenvalue weighted by Crippen LogP contribution is 2.05. The average Bonchev–Trinajstić information content (AvgIpc) is 2.30. The van der Waals surface area contributed by atoms with Gasteiger partial charge in [-0.2, -0.15) is 0 Å². The lowest BCUT2D eigenvalue weighted by Crippen LogP contribution is -2.45. The van der Waals surface area contributed by atoms with Gasteiger partial charge in [0.1, 0.15) is 6.54 Å². The van der Waals surface area contributed by atoms with Crippen LogP contribution in [0.15, 0.2) is 24.3 Å². The van der Waals surface area contributed by atoms with Gasteiger partial charge >= 0.3 is 5.97 Å². The smallest absolute Gasteiger partial charge is 0.330 e. The molecule has 5 nitrogen and oxygen atoms in total. The summed E-state index contributed by atoms with van der Waals surface area (Å²) in [4.78, 5) is 22.4. The number of likely N-dealkylation sites (N-methyl/N-ethyl adjacent to an activating group) is 1. The zero-order valence-electron chi connectivity index (χ0n) is 13.5. The van der Waals surface area contributed by atoms with E-state index >= 15 is 0 Å². The van der Waals surface area contributed by atoms with Crippen LogP contribution in [-0.4, -0.2) is 50.2 Å². The molecule has 0 amide bonds. The molecule has 0 bridgehead atoms. The summed E-state index contributed by atoms with van der Waals surface area (Å²) in [7, 11) is 5.72. The Morgan fingerprint density at radius 2 is 1.86 bits per heavy atom. The van der Waals surface area contributed by atoms with Crippen molar-refractivity contribution < 1.29 is 23.9 Å². The second kappa shape index (κ2) is 10.2. The van der Waals surface area contributed by atoms with Crippen LogP contribution in [0.2, 0.25) is 0 Å². The summed E-state index contributed by atoms with van der Waals surface area (Å²) in [6.45, 7) is 2.52. The van der Waals surface area contributed by atoms with Crippen molar-refractivity contribution in [3.63, 3.8) is 0 Å². The van der Waals surface area contributed by atoms with Crippen LogP contribution in [-0.2, 0) is 14.3 Å². The number of nitrogens with zero attached hydrogens (tertiary/aromatic N) is 1. The van der Waals surface area contributed by atoms with Gasteiger partial charge in [0, 0.05) is 18.5 Å². The first-order valence-electron chi connectivity index (χ1n) is 7.27. The molecule has 0 aromatic heterocycles. The van der Waals surface area contributed by atoms with E-state index in [9.17, 15) is 14.7 Å². The number of hydrogen-bond donors (Lipinski definition) is 0. The Bertz CT molecular complexity index is 380. The van der Waals surface area contributed by atoms with Crippen molar-refractivity contribution in [2.24, 2.45) is 0 Å². The highest BCUT2D eigenvalue weighted by molar-refractivity contribution is 5.82. The molecule has 5 heteroatoms. The number of carboxylic acid groups (broad SMARTS) is 1. The zero-order valence-corrected chi connectivity index (χ0v) is 13.5. The van der Waals surface area contributed by atoms with Gasteiger partial charge in [-0.1, -0.05) is 31.6 Å². The predicted molar refractivity (Wildman–Crippen MR) is 80.2 cm³/mol. The molecule has 0 rings (SSSR count). The van der Waals surface area contributed by atoms with Gasteiger partial charge in [-0.25, -0.2) is 4.79 Å². The first-order valence-corrected chi connectivity index (χ1v) is 7.27. The van der Waals surface area contributed by atoms with Crippen LogP contribution in [0.25, 0.3) is 0 Å². The maximum Gasteiger partial charge on any atom is 0.330 e. The highest BCUT2D eigenvalue weighted by atomic mass is 16.5. The Kier molecular flexibility index (Phi) is 9.37. The van der Waals surface area contributed by atoms with E-state index in [0.717, 1.165) is 12.8 Å². The second-order valence-electron chi connectivity index (χ2n) is 6.01. The van der Waals surface area contributed by atoms with Gasteiger partial charge < -0.3 is 19.1 Å². The van der Waals surface area contributed by atoms with Gasteiger partial charge in [0.25, 0.3) is 0 Å². The number of aliphatic carboxylic acids is 1. The lowest BCUT2D eigenvalue weighted by Gasteiger charge is -2.29. The molecule has 0 aliphatic heterocycles. The molecule has 0 saturated carbocycles. The van der Waals surface area contributed by atoms with E-state index in [1.54, 1.807) is 6.08 Å². The number of carbonyl (C=O) groups is 2. The summed E-state index contributed by atoms with van der Waals surface area (Å²) in [6.07, 6.45) is 8.91. The Morgan fingerprint density at radius 1 is 1.19 bits per heavy atom. The lowest BCUT2D eigenvalue weighted by atomic mass is 10.2. The third-order valence-corrected chi connectivity index (χ3v) is 2.58. The van der Waals surface area contributed by atoms with E-state index in [2.05, 4.69) is 13.0 Å². The summed E-state index contributed by atoms with van der Waals surface area (Å²) in [5, 5.41) is 10.7. The monoisotopic (exact) mass is 297 g/mol. The van der Waals surface area contributed by atoms with Crippen molar-refractivity contribution in [1.29, 1.82) is 0 Å². The third kappa shape index (κ3) is 13.1. The maximum absolute atomic E-state index is 11.7. The molecule has 0 heterocycles. The summed E-state index contributed by atoms with van der Waals surface area (Å²) in [5.41, 5.74) is 0. The molecule has 0 spiro atoms. The summed E-state index contributed by atoms with van der Waals surface area (Å²) >= 11 is 0. The van der Waals surface area contributed by atoms with Gasteiger partial charge in [0.2, 0.25) is 0 Å². The molecule has 0 aromatic rings. The number of hydrogen-bond acceptors (Lipinski definition) is 4. The van der Waals surface area contributed by atoms with Gasteiger partial charge in [0.15, 0.2) is 6.10 Å². The molecule has 1 unspecified atom stereocenters. The number of unbranched alkanes of at least 4 members (excludes halogenated alkanes) is 1. The minimum Gasteiger partial charge on any atom is -0.550 e. The largest absolute Gasteiger partial charge is 0.550 e. The Labute approximate surface area is 127 Å². The Morgan fingerprint density at radius 3 is 2.38 bits per heavy atom. The quantitative estimate of drug-likeness (QED) is 0.262. The fourth-order valence-electron chi connectivity index (χ4n) is 1.77. The number of allylic oxidation sites excluding steroid dienone is 3. The van der Waals surface area contributed by atoms with Gasteiger partial charge in [0.05, 0.1) is 21.1 Å². The van der Waals surface area contributed by atoms with Crippen LogP contribution in [0, 0.1) is 0 Å². The second-order valence-corrected chi connectivity index (χ2v) is 6.01. The van der Waals surface area contributed by atoms with Crippen LogP contribution < -0.4 is 5.11 Å². The molecule has 21 heavy (non-hydrogen) atoms. The van der Waals surface area contributed by atoms with Crippen molar-refractivity contribution in [3.8, 4) is 0 Å². The van der Waals surface area contributed by atoms with Crippen molar-refractivity contribution in [2.45, 2.75) is 38.7 Å². The lowest BCUT2D eigenvalue weighted by molar-refractivity contribution is -0.873. The molecule has 0 fully saturated rings. The number of quaternary nitrogens is 1. The van der Waals surface area contributed by atoms with Crippen molar-refractivity contribution in [2.75, 3.05) is 27.7 Å². The van der Waals surface area contributed by atoms with Crippen molar-refractivity contribution in [3.05, 3.63) is 24.3 Å². The fraction of sp³-hybridized carbons (Fsp3) is 0.625. The van der Waals surface area contributed by atoms with Crippen LogP contribution in [0.5, 0.6) is 0 Å². The Hall–Kier alpha value is -1.62. The van der Waals surface area contributed by atoms with E-state index in [4.69, 9.17) is 4.74 Å². The average molecular weight is 297 g/mol. The number of carbonyl (C=O) groups excluding carboxylic acids is 2. The van der Waals surface area contributed by atoms with Crippen LogP contribution in [0.1, 0.15) is 32.6 Å². The number of carboxylic acids is 1. The minimum absolute atomic E-state index is 0.286. The molecule has 1 atom stereocenters. The third-order valence-electron chi connectivity index (χ3n) is 2.58. The first kappa shape index (κ1) is 19.4. The van der Waals surface area contributed by atoms with Gasteiger partial charge in [-0.05, 0) is 12.8 Å². The van der Waals surface area contributed by atoms with Crippen molar-refractivity contribution in [1.82, 2.24) is 0 Å². The summed E-state index contributed by atoms with van der Waals surface area (Å²) in [5.74, 6) is -1.73. The molecule has 0 saturated heterocycles. The number of rotatable bonds is 10. The molecular weight excluding hydrogens is 270 g/mol. The molecule has 0 aliphatic carbocycles. The number of esters is 1. The van der Waals surface area contributed by atoms with Crippen LogP contribution in [0.3, 0.4) is 0 Å². The molecule has 0 N–H and O–H groups in total. The standard InChI is InChI=1S/C16H27NO4/c1-5-6-7-8-9-10-11-16(20)21-14(12-15(18)19)13-17(2,3)4/h7-8,10-11,14H,5-6,9,12-13H2,1-4H3/b8-7+,11-10+. The van der Waals surface area contributed by atoms with Gasteiger partial charge in [-0.15, -0.1) is 0 Å². The predicted octanol–water partition coefficient (Wildman–Crippen LogP) is 1.05. The minimum atomic E-state index is -1.22. The molecule has 0 aliphatic rings. The topological polar surface area (TPSA) is 66.4 Å². The van der Waals surface area contributed by atoms with Crippen LogP contribution >= 0.6 is 0 Å². The van der Waals surface area contributed by atoms with Crippen molar-refractivity contribution >= 4 is 11.9 Å². The van der Waals surface area contributed by atoms with Crippen LogP contribution in [0.4, 0.5) is 0 Å². The highest BCUT2D eigenvalue weighted by Gasteiger charge is 2.21. The molecule has 0 aromatic carbocycles. The Balaban J connectivity index is 4.32. The molecular formula is C16H27NO4. The summed E-state index contributed by atoms with van der Waals surface area (Å²) < 4.78 is 5.69. The van der Waals surface area contributed by atoms with Gasteiger partial charge in [-0.3, -0.25) is 0 Å². The fourth-order valence-corrected chi connectivity index (χ4v) is 1.77. The van der Waals surface area contributed by atoms with E-state index in [-0.39, 0.29) is 6.42 Å². The normalized spacial score (nSPS) is 13.7. The SMILES string of the molecule is CCC/C=C/C/C=C/C(=O)OC(CC(=O)[O-])C[N+](C)(C)C. The summed E-state index contributed by atoms with van der Waals surface area (Å²) in [6, 6.07) is 0. The van der Waals surface area contributed by atoms with E-state index < -0.39 is 18.0 Å². The molecule has 120 valence electrons. The number of ether oxygens (including phenoxy) is 1. The molecule has 0 radical (unpaired) electrons. The first-order chi connectivity index (χ1) is 9.74. The maximum atomic E-state index is 11.7. The van der Waals surface area contributed by atoms with E-state index in [1.165, 1.54) is 6.08 Å². The van der Waals surface area contributed by atoms with E-state index in [1.807, 2.05) is 27.2 Å². The zero-order chi connectivity index (χ0) is 16.3.